The van der Waals surface area contributed by atoms with E-state index in [1.807, 2.05) is 18.5 Å². The van der Waals surface area contributed by atoms with Crippen molar-refractivity contribution in [2.24, 2.45) is 17.1 Å². The number of fused-ring (bicyclic) bond motifs is 2. The van der Waals surface area contributed by atoms with Crippen LogP contribution in [-0.4, -0.2) is 79.9 Å². The van der Waals surface area contributed by atoms with Gasteiger partial charge in [-0.3, -0.25) is 9.88 Å². The summed E-state index contributed by atoms with van der Waals surface area (Å²) in [6.07, 6.45) is 10.8. The summed E-state index contributed by atoms with van der Waals surface area (Å²) in [7, 11) is 0. The molecule has 5 N–H and O–H groups in total. The molecule has 2 saturated heterocycles. The maximum Gasteiger partial charge on any atom is 0.105 e. The fourth-order valence-corrected chi connectivity index (χ4v) is 9.80. The van der Waals surface area contributed by atoms with Crippen LogP contribution in [-0.2, 0) is 4.74 Å². The van der Waals surface area contributed by atoms with Crippen molar-refractivity contribution in [3.8, 4) is 0 Å². The Morgan fingerprint density at radius 2 is 2.00 bits per heavy atom. The number of allylic oxidation sites excluding steroid dienone is 1. The Hall–Kier alpha value is -2.13. The fraction of sp³-hybridized carbons (Fsp3) is 0.594. The van der Waals surface area contributed by atoms with Crippen LogP contribution in [0.15, 0.2) is 60.0 Å². The lowest BCUT2D eigenvalue weighted by Crippen LogP contribution is -2.62. The normalized spacial score (nSPS) is 46.9. The number of nitrogens with two attached hydrogens (primary N) is 1. The van der Waals surface area contributed by atoms with Crippen LogP contribution in [0.1, 0.15) is 56.9 Å². The van der Waals surface area contributed by atoms with E-state index in [0.29, 0.717) is 12.8 Å². The standard InChI is InChI=1S/C32H39N3O4/c1-30-7-4-21-13-23-28(37)29(38)24(35-11-6-22(33)17-35)15-31(23)8-9-32(21,39-31)26(30)14-25(36)27(30)19-3-2-18-5-10-34-16-20(18)12-19/h2-5,10,12-13,16,22,24-29,36-38H,6-9,11,14-15,17,33H2,1H3/t22-,24+,25-,26-,27+,28+,29-,30+,31-,32?/m1/s1. The van der Waals surface area contributed by atoms with Crippen molar-refractivity contribution in [1.82, 2.24) is 9.88 Å². The molecular formula is C32H39N3O4. The zero-order valence-corrected chi connectivity index (χ0v) is 22.5. The van der Waals surface area contributed by atoms with Gasteiger partial charge in [-0.2, -0.15) is 0 Å². The first-order valence-electron chi connectivity index (χ1n) is 14.7. The topological polar surface area (TPSA) is 112 Å². The predicted octanol–water partition coefficient (Wildman–Crippen LogP) is 2.79. The Morgan fingerprint density at radius 3 is 2.82 bits per heavy atom. The van der Waals surface area contributed by atoms with Crippen molar-refractivity contribution in [2.45, 2.75) is 93.0 Å². The average Bonchev–Trinajstić information content (AvgIpc) is 3.58. The lowest BCUT2D eigenvalue weighted by atomic mass is 9.58. The molecule has 2 spiro atoms. The molecule has 0 amide bonds. The second-order valence-corrected chi connectivity index (χ2v) is 13.5. The fourth-order valence-electron chi connectivity index (χ4n) is 9.80. The monoisotopic (exact) mass is 529 g/mol. The number of pyridine rings is 1. The maximum absolute atomic E-state index is 11.6. The summed E-state index contributed by atoms with van der Waals surface area (Å²) in [6.45, 7) is 3.93. The number of aliphatic hydroxyl groups excluding tert-OH is 3. The van der Waals surface area contributed by atoms with Crippen molar-refractivity contribution in [3.05, 3.63) is 65.5 Å². The number of likely N-dealkylation sites (tertiary alicyclic amines) is 1. The molecule has 2 saturated carbocycles. The summed E-state index contributed by atoms with van der Waals surface area (Å²) in [4.78, 5) is 6.59. The first kappa shape index (κ1) is 24.6. The first-order chi connectivity index (χ1) is 18.7. The smallest absolute Gasteiger partial charge is 0.105 e. The van der Waals surface area contributed by atoms with Gasteiger partial charge in [0.05, 0.1) is 23.4 Å². The summed E-state index contributed by atoms with van der Waals surface area (Å²) in [5.74, 6) is 0.164. The van der Waals surface area contributed by atoms with Crippen LogP contribution in [0.5, 0.6) is 0 Å². The number of nitrogens with zero attached hydrogens (tertiary/aromatic N) is 2. The van der Waals surface area contributed by atoms with E-state index < -0.39 is 29.5 Å². The van der Waals surface area contributed by atoms with Crippen LogP contribution in [0.4, 0.5) is 0 Å². The van der Waals surface area contributed by atoms with E-state index in [0.717, 1.165) is 60.7 Å². The first-order valence-corrected chi connectivity index (χ1v) is 14.7. The Kier molecular flexibility index (Phi) is 5.19. The third-order valence-electron chi connectivity index (χ3n) is 11.6. The Balaban J connectivity index is 1.18. The molecule has 4 fully saturated rings. The number of aliphatic hydroxyl groups is 3. The number of hydrogen-bond donors (Lipinski definition) is 4. The van der Waals surface area contributed by atoms with Crippen LogP contribution in [0.25, 0.3) is 10.8 Å². The minimum atomic E-state index is -0.945. The number of benzene rings is 1. The molecule has 7 nitrogen and oxygen atoms in total. The summed E-state index contributed by atoms with van der Waals surface area (Å²) in [5, 5.41) is 36.5. The third kappa shape index (κ3) is 3.23. The molecule has 2 aromatic rings. The number of hydrogen-bond acceptors (Lipinski definition) is 7. The molecule has 206 valence electrons. The van der Waals surface area contributed by atoms with Gasteiger partial charge in [-0.1, -0.05) is 31.2 Å². The van der Waals surface area contributed by atoms with Crippen molar-refractivity contribution in [1.29, 1.82) is 0 Å². The summed E-state index contributed by atoms with van der Waals surface area (Å²) >= 11 is 0. The van der Waals surface area contributed by atoms with Crippen molar-refractivity contribution >= 4 is 10.8 Å². The Morgan fingerprint density at radius 1 is 1.13 bits per heavy atom. The van der Waals surface area contributed by atoms with Crippen LogP contribution < -0.4 is 5.73 Å². The highest BCUT2D eigenvalue weighted by molar-refractivity contribution is 5.82. The molecule has 1 unspecified atom stereocenters. The SMILES string of the molecule is C[C@]12CC=C3C=C4[C@H](O)[C@H](O)[C@@H](N5CC[C@@H](N)C5)C[C@]45CCC3(O5)[C@@H]1C[C@@H](O)[C@@H]2c1ccc2ccncc2c1. The summed E-state index contributed by atoms with van der Waals surface area (Å²) in [5.41, 5.74) is 8.15. The Bertz CT molecular complexity index is 1410. The molecule has 0 radical (unpaired) electrons. The largest absolute Gasteiger partial charge is 0.392 e. The van der Waals surface area contributed by atoms with Crippen LogP contribution in [0, 0.1) is 11.3 Å². The molecule has 10 atom stereocenters. The van der Waals surface area contributed by atoms with E-state index in [1.165, 1.54) is 5.56 Å². The minimum absolute atomic E-state index is 0.00223. The van der Waals surface area contributed by atoms with Gasteiger partial charge < -0.3 is 25.8 Å². The molecule has 39 heavy (non-hydrogen) atoms. The molecule has 2 bridgehead atoms. The average molecular weight is 530 g/mol. The lowest BCUT2D eigenvalue weighted by Gasteiger charge is -2.56. The van der Waals surface area contributed by atoms with Gasteiger partial charge in [-0.25, -0.2) is 0 Å². The lowest BCUT2D eigenvalue weighted by molar-refractivity contribution is -0.167. The van der Waals surface area contributed by atoms with Gasteiger partial charge in [-0.15, -0.1) is 0 Å². The van der Waals surface area contributed by atoms with Gasteiger partial charge in [-0.05, 0) is 78.2 Å². The molecule has 1 aromatic carbocycles. The predicted molar refractivity (Wildman–Crippen MR) is 148 cm³/mol. The van der Waals surface area contributed by atoms with E-state index in [-0.39, 0.29) is 29.3 Å². The van der Waals surface area contributed by atoms with Gasteiger partial charge in [0.25, 0.3) is 0 Å². The number of rotatable bonds is 2. The van der Waals surface area contributed by atoms with E-state index in [4.69, 9.17) is 10.5 Å². The van der Waals surface area contributed by atoms with E-state index in [9.17, 15) is 15.3 Å². The Labute approximate surface area is 229 Å². The highest BCUT2D eigenvalue weighted by Gasteiger charge is 2.69. The van der Waals surface area contributed by atoms with E-state index in [1.54, 1.807) is 0 Å². The van der Waals surface area contributed by atoms with E-state index >= 15 is 0 Å². The second kappa shape index (κ2) is 8.21. The van der Waals surface area contributed by atoms with Gasteiger partial charge in [0.1, 0.15) is 6.10 Å². The van der Waals surface area contributed by atoms with Crippen molar-refractivity contribution in [2.75, 3.05) is 13.1 Å². The van der Waals surface area contributed by atoms with E-state index in [2.05, 4.69) is 47.2 Å². The molecule has 7 heteroatoms. The molecule has 6 aliphatic rings. The number of ether oxygens (including phenoxy) is 1. The van der Waals surface area contributed by atoms with Crippen LogP contribution in [0.3, 0.4) is 0 Å². The molecule has 8 rings (SSSR count). The molecule has 4 heterocycles. The molecule has 3 aliphatic carbocycles. The van der Waals surface area contributed by atoms with Gasteiger partial charge in [0.15, 0.2) is 0 Å². The molecule has 1 aromatic heterocycles. The van der Waals surface area contributed by atoms with Gasteiger partial charge in [0.2, 0.25) is 0 Å². The number of aromatic nitrogens is 1. The second-order valence-electron chi connectivity index (χ2n) is 13.5. The van der Waals surface area contributed by atoms with Crippen LogP contribution >= 0.6 is 0 Å². The zero-order valence-electron chi connectivity index (χ0n) is 22.5. The van der Waals surface area contributed by atoms with Gasteiger partial charge in [0, 0.05) is 54.8 Å². The third-order valence-corrected chi connectivity index (χ3v) is 11.6. The summed E-state index contributed by atoms with van der Waals surface area (Å²) < 4.78 is 7.31. The van der Waals surface area contributed by atoms with Gasteiger partial charge >= 0.3 is 0 Å². The summed E-state index contributed by atoms with van der Waals surface area (Å²) in [6, 6.07) is 8.51. The highest BCUT2D eigenvalue weighted by atomic mass is 16.5. The molecule has 3 aliphatic heterocycles. The zero-order chi connectivity index (χ0) is 26.7. The highest BCUT2D eigenvalue weighted by Crippen LogP contribution is 2.69. The van der Waals surface area contributed by atoms with Crippen LogP contribution in [0.2, 0.25) is 0 Å². The van der Waals surface area contributed by atoms with Crippen molar-refractivity contribution in [3.63, 3.8) is 0 Å². The molecular weight excluding hydrogens is 490 g/mol. The minimum Gasteiger partial charge on any atom is -0.392 e. The van der Waals surface area contributed by atoms with Crippen molar-refractivity contribution < 1.29 is 20.1 Å². The quantitative estimate of drug-likeness (QED) is 0.473. The maximum atomic E-state index is 11.6.